The Kier molecular flexibility index (Phi) is 5.82. The minimum Gasteiger partial charge on any atom is -0.395 e. The highest BCUT2D eigenvalue weighted by Crippen LogP contribution is 2.06. The van der Waals surface area contributed by atoms with E-state index < -0.39 is 0 Å². The van der Waals surface area contributed by atoms with E-state index in [1.807, 2.05) is 19.3 Å². The lowest BCUT2D eigenvalue weighted by Gasteiger charge is -2.14. The fourth-order valence-electron chi connectivity index (χ4n) is 1.44. The Balaban J connectivity index is 2.44. The number of nitrogens with zero attached hydrogens (tertiary/aromatic N) is 2. The maximum atomic E-state index is 8.79. The molecule has 0 fully saturated rings. The number of aromatic nitrogens is 1. The Labute approximate surface area is 97.3 Å². The van der Waals surface area contributed by atoms with Gasteiger partial charge in [-0.1, -0.05) is 13.0 Å². The number of rotatable bonds is 7. The predicted octanol–water partition coefficient (Wildman–Crippen LogP) is 1.33. The number of likely N-dealkylation sites (N-methyl/N-ethyl adjacent to an activating group) is 1. The van der Waals surface area contributed by atoms with Crippen molar-refractivity contribution in [2.75, 3.05) is 32.1 Å². The van der Waals surface area contributed by atoms with E-state index in [0.717, 1.165) is 30.9 Å². The molecule has 4 nitrogen and oxygen atoms in total. The van der Waals surface area contributed by atoms with Gasteiger partial charge < -0.3 is 10.4 Å². The van der Waals surface area contributed by atoms with Crippen LogP contribution in [-0.4, -0.2) is 41.7 Å². The molecule has 0 radical (unpaired) electrons. The van der Waals surface area contributed by atoms with Crippen LogP contribution in [0.1, 0.15) is 18.9 Å². The van der Waals surface area contributed by atoms with E-state index in [4.69, 9.17) is 5.11 Å². The number of hydrogen-bond donors (Lipinski definition) is 2. The second-order valence-electron chi connectivity index (χ2n) is 3.94. The molecule has 0 aliphatic heterocycles. The highest BCUT2D eigenvalue weighted by molar-refractivity contribution is 5.35. The molecule has 0 aromatic carbocycles. The van der Waals surface area contributed by atoms with Gasteiger partial charge in [0.05, 0.1) is 6.61 Å². The number of nitrogens with one attached hydrogen (secondary N) is 1. The molecule has 0 aliphatic carbocycles. The van der Waals surface area contributed by atoms with Gasteiger partial charge in [0.15, 0.2) is 0 Å². The molecule has 0 unspecified atom stereocenters. The summed E-state index contributed by atoms with van der Waals surface area (Å²) in [5.74, 6) is 0.926. The molecule has 90 valence electrons. The van der Waals surface area contributed by atoms with Gasteiger partial charge in [-0.2, -0.15) is 0 Å². The second-order valence-corrected chi connectivity index (χ2v) is 3.94. The first kappa shape index (κ1) is 12.9. The molecule has 2 N–H and O–H groups in total. The van der Waals surface area contributed by atoms with E-state index in [2.05, 4.69) is 28.2 Å². The van der Waals surface area contributed by atoms with Crippen molar-refractivity contribution in [2.24, 2.45) is 0 Å². The van der Waals surface area contributed by atoms with Gasteiger partial charge in [0.1, 0.15) is 5.82 Å². The van der Waals surface area contributed by atoms with Gasteiger partial charge >= 0.3 is 0 Å². The molecular formula is C12H21N3O. The molecule has 1 heterocycles. The number of aliphatic hydroxyl groups is 1. The number of pyridine rings is 1. The number of hydrogen-bond acceptors (Lipinski definition) is 4. The zero-order chi connectivity index (χ0) is 11.8. The summed E-state index contributed by atoms with van der Waals surface area (Å²) in [5, 5.41) is 12.0. The summed E-state index contributed by atoms with van der Waals surface area (Å²) in [6, 6.07) is 4.07. The van der Waals surface area contributed by atoms with Crippen LogP contribution in [-0.2, 0) is 6.54 Å². The zero-order valence-corrected chi connectivity index (χ0v) is 10.1. The second kappa shape index (κ2) is 7.19. The van der Waals surface area contributed by atoms with E-state index in [1.165, 1.54) is 0 Å². The third-order valence-electron chi connectivity index (χ3n) is 2.32. The third-order valence-corrected chi connectivity index (χ3v) is 2.32. The third kappa shape index (κ3) is 4.59. The molecule has 1 aromatic heterocycles. The monoisotopic (exact) mass is 223 g/mol. The Hall–Kier alpha value is -1.13. The van der Waals surface area contributed by atoms with Crippen molar-refractivity contribution in [2.45, 2.75) is 19.9 Å². The van der Waals surface area contributed by atoms with Crippen LogP contribution in [0.15, 0.2) is 18.3 Å². The lowest BCUT2D eigenvalue weighted by Crippen LogP contribution is -2.21. The minimum atomic E-state index is 0.195. The van der Waals surface area contributed by atoms with Crippen LogP contribution >= 0.6 is 0 Å². The van der Waals surface area contributed by atoms with Gasteiger partial charge in [-0.05, 0) is 25.1 Å². The van der Waals surface area contributed by atoms with Gasteiger partial charge in [-0.3, -0.25) is 4.90 Å². The molecule has 0 saturated heterocycles. The summed E-state index contributed by atoms with van der Waals surface area (Å²) in [5.41, 5.74) is 1.16. The molecule has 0 bridgehead atoms. The Bertz CT molecular complexity index is 287. The molecule has 16 heavy (non-hydrogen) atoms. The first-order valence-electron chi connectivity index (χ1n) is 5.74. The molecule has 1 aromatic rings. The molecule has 0 spiro atoms. The van der Waals surface area contributed by atoms with E-state index in [9.17, 15) is 0 Å². The van der Waals surface area contributed by atoms with Crippen molar-refractivity contribution in [1.82, 2.24) is 9.88 Å². The van der Waals surface area contributed by atoms with Crippen LogP contribution in [0.2, 0.25) is 0 Å². The summed E-state index contributed by atoms with van der Waals surface area (Å²) in [6.07, 6.45) is 2.98. The fourth-order valence-corrected chi connectivity index (χ4v) is 1.44. The normalized spacial score (nSPS) is 10.8. The molecule has 1 rings (SSSR count). The number of aliphatic hydroxyl groups excluding tert-OH is 1. The first-order chi connectivity index (χ1) is 7.76. The van der Waals surface area contributed by atoms with E-state index in [1.54, 1.807) is 0 Å². The van der Waals surface area contributed by atoms with Crippen molar-refractivity contribution in [3.63, 3.8) is 0 Å². The average molecular weight is 223 g/mol. The van der Waals surface area contributed by atoms with E-state index >= 15 is 0 Å². The van der Waals surface area contributed by atoms with Crippen LogP contribution in [0.25, 0.3) is 0 Å². The summed E-state index contributed by atoms with van der Waals surface area (Å²) in [6.45, 7) is 4.79. The standard InChI is InChI=1S/C12H21N3O/c1-3-6-13-12-5-4-11(9-14-12)10-15(2)7-8-16/h4-5,9,16H,3,6-8,10H2,1-2H3,(H,13,14). The lowest BCUT2D eigenvalue weighted by atomic mass is 10.2. The van der Waals surface area contributed by atoms with Crippen molar-refractivity contribution in [3.05, 3.63) is 23.9 Å². The smallest absolute Gasteiger partial charge is 0.125 e. The van der Waals surface area contributed by atoms with Crippen molar-refractivity contribution < 1.29 is 5.11 Å². The molecule has 0 atom stereocenters. The van der Waals surface area contributed by atoms with Crippen molar-refractivity contribution >= 4 is 5.82 Å². The van der Waals surface area contributed by atoms with Gasteiger partial charge in [0.25, 0.3) is 0 Å². The average Bonchev–Trinajstić information content (AvgIpc) is 2.28. The molecule has 0 aliphatic rings. The topological polar surface area (TPSA) is 48.4 Å². The van der Waals surface area contributed by atoms with E-state index in [0.29, 0.717) is 6.54 Å². The summed E-state index contributed by atoms with van der Waals surface area (Å²) in [7, 11) is 1.99. The predicted molar refractivity (Wildman–Crippen MR) is 66.4 cm³/mol. The van der Waals surface area contributed by atoms with Crippen molar-refractivity contribution in [1.29, 1.82) is 0 Å². The maximum Gasteiger partial charge on any atom is 0.125 e. The minimum absolute atomic E-state index is 0.195. The summed E-state index contributed by atoms with van der Waals surface area (Å²) in [4.78, 5) is 6.39. The summed E-state index contributed by atoms with van der Waals surface area (Å²) < 4.78 is 0. The molecular weight excluding hydrogens is 202 g/mol. The first-order valence-corrected chi connectivity index (χ1v) is 5.74. The molecule has 4 heteroatoms. The zero-order valence-electron chi connectivity index (χ0n) is 10.1. The molecule has 0 amide bonds. The highest BCUT2D eigenvalue weighted by Gasteiger charge is 2.00. The Morgan fingerprint density at radius 1 is 1.44 bits per heavy atom. The van der Waals surface area contributed by atoms with Crippen LogP contribution in [0.4, 0.5) is 5.82 Å². The fraction of sp³-hybridized carbons (Fsp3) is 0.583. The van der Waals surface area contributed by atoms with Gasteiger partial charge in [0, 0.05) is 25.8 Å². The SMILES string of the molecule is CCCNc1ccc(CN(C)CCO)cn1. The largest absolute Gasteiger partial charge is 0.395 e. The van der Waals surface area contributed by atoms with Crippen molar-refractivity contribution in [3.8, 4) is 0 Å². The van der Waals surface area contributed by atoms with Gasteiger partial charge in [-0.15, -0.1) is 0 Å². The molecule has 0 saturated carbocycles. The van der Waals surface area contributed by atoms with Crippen LogP contribution < -0.4 is 5.32 Å². The summed E-state index contributed by atoms with van der Waals surface area (Å²) >= 11 is 0. The van der Waals surface area contributed by atoms with Crippen LogP contribution in [0, 0.1) is 0 Å². The number of anilines is 1. The maximum absolute atomic E-state index is 8.79. The Morgan fingerprint density at radius 3 is 2.81 bits per heavy atom. The quantitative estimate of drug-likeness (QED) is 0.732. The van der Waals surface area contributed by atoms with Crippen LogP contribution in [0.3, 0.4) is 0 Å². The van der Waals surface area contributed by atoms with Gasteiger partial charge in [0.2, 0.25) is 0 Å². The Morgan fingerprint density at radius 2 is 2.25 bits per heavy atom. The lowest BCUT2D eigenvalue weighted by molar-refractivity contribution is 0.217. The van der Waals surface area contributed by atoms with Crippen LogP contribution in [0.5, 0.6) is 0 Å². The van der Waals surface area contributed by atoms with E-state index in [-0.39, 0.29) is 6.61 Å². The van der Waals surface area contributed by atoms with Gasteiger partial charge in [-0.25, -0.2) is 4.98 Å². The highest BCUT2D eigenvalue weighted by atomic mass is 16.3.